The molecule has 1 saturated carbocycles. The summed E-state index contributed by atoms with van der Waals surface area (Å²) in [5.74, 6) is 0.728. The monoisotopic (exact) mass is 317 g/mol. The zero-order chi connectivity index (χ0) is 16.8. The minimum atomic E-state index is -0.128. The van der Waals surface area contributed by atoms with Crippen molar-refractivity contribution in [1.29, 1.82) is 0 Å². The van der Waals surface area contributed by atoms with E-state index in [1.165, 1.54) is 38.8 Å². The third-order valence-electron chi connectivity index (χ3n) is 6.17. The Hall–Kier alpha value is -0.890. The lowest BCUT2D eigenvalue weighted by molar-refractivity contribution is 0.131. The maximum atomic E-state index is 15.3. The second-order valence-corrected chi connectivity index (χ2v) is 8.98. The van der Waals surface area contributed by atoms with E-state index in [1.807, 2.05) is 6.07 Å². The molecule has 3 rings (SSSR count). The Morgan fingerprint density at radius 2 is 1.74 bits per heavy atom. The molecule has 0 bridgehead atoms. The molecule has 2 aliphatic rings. The summed E-state index contributed by atoms with van der Waals surface area (Å²) in [5, 5.41) is 0. The van der Waals surface area contributed by atoms with Crippen LogP contribution in [0.1, 0.15) is 71.4 Å². The highest BCUT2D eigenvalue weighted by atomic mass is 19.1. The topological polar surface area (TPSA) is 3.24 Å². The Kier molecular flexibility index (Phi) is 4.33. The van der Waals surface area contributed by atoms with Crippen LogP contribution in [0.25, 0.3) is 0 Å². The molecule has 0 aromatic heterocycles. The summed E-state index contributed by atoms with van der Waals surface area (Å²) in [5.41, 5.74) is 1.89. The molecule has 0 radical (unpaired) electrons. The van der Waals surface area contributed by atoms with E-state index in [0.717, 1.165) is 11.1 Å². The Morgan fingerprint density at radius 1 is 1.13 bits per heavy atom. The molecular formula is C21H32FN. The molecule has 1 aliphatic carbocycles. The molecule has 1 heterocycles. The highest BCUT2D eigenvalue weighted by Crippen LogP contribution is 2.58. The molecule has 1 saturated heterocycles. The highest BCUT2D eigenvalue weighted by molar-refractivity contribution is 5.40. The Balaban J connectivity index is 1.85. The quantitative estimate of drug-likeness (QED) is 0.733. The normalized spacial score (nSPS) is 22.6. The predicted molar refractivity (Wildman–Crippen MR) is 95.4 cm³/mol. The number of halogens is 1. The fraction of sp³-hybridized carbons (Fsp3) is 0.714. The predicted octanol–water partition coefficient (Wildman–Crippen LogP) is 5.28. The number of nitrogens with zero attached hydrogens (tertiary/aromatic N) is 1. The van der Waals surface area contributed by atoms with Crippen molar-refractivity contribution in [1.82, 2.24) is 4.90 Å². The first-order valence-electron chi connectivity index (χ1n) is 9.29. The lowest BCUT2D eigenvalue weighted by Gasteiger charge is -2.39. The number of hydrogen-bond donors (Lipinski definition) is 0. The summed E-state index contributed by atoms with van der Waals surface area (Å²) < 4.78 is 15.3. The Bertz CT molecular complexity index is 558. The van der Waals surface area contributed by atoms with E-state index in [0.29, 0.717) is 12.0 Å². The maximum absolute atomic E-state index is 15.3. The van der Waals surface area contributed by atoms with Gasteiger partial charge in [-0.1, -0.05) is 39.0 Å². The van der Waals surface area contributed by atoms with Crippen molar-refractivity contribution in [3.8, 4) is 0 Å². The fourth-order valence-corrected chi connectivity index (χ4v) is 4.50. The molecule has 1 aliphatic heterocycles. The van der Waals surface area contributed by atoms with Gasteiger partial charge in [0.1, 0.15) is 5.82 Å². The standard InChI is InChI=1S/C21H32FN/c1-15(2)23-13-9-16(10-14-23)21(11-12-21)18-8-6-7-17(19(18)22)20(3,4)5/h6-8,15-16H,9-14H2,1-5H3. The van der Waals surface area contributed by atoms with E-state index in [4.69, 9.17) is 0 Å². The van der Waals surface area contributed by atoms with Crippen LogP contribution in [0.2, 0.25) is 0 Å². The van der Waals surface area contributed by atoms with Crippen molar-refractivity contribution in [3.63, 3.8) is 0 Å². The summed E-state index contributed by atoms with van der Waals surface area (Å²) in [6.07, 6.45) is 4.78. The minimum Gasteiger partial charge on any atom is -0.301 e. The van der Waals surface area contributed by atoms with Gasteiger partial charge in [-0.05, 0) is 75.1 Å². The summed E-state index contributed by atoms with van der Waals surface area (Å²) in [6.45, 7) is 13.2. The van der Waals surface area contributed by atoms with Crippen molar-refractivity contribution >= 4 is 0 Å². The fourth-order valence-electron chi connectivity index (χ4n) is 4.50. The number of likely N-dealkylation sites (tertiary alicyclic amines) is 1. The SMILES string of the molecule is CC(C)N1CCC(C2(c3cccc(C(C)(C)C)c3F)CC2)CC1. The zero-order valence-electron chi connectivity index (χ0n) is 15.5. The summed E-state index contributed by atoms with van der Waals surface area (Å²) in [7, 11) is 0. The van der Waals surface area contributed by atoms with Gasteiger partial charge >= 0.3 is 0 Å². The second kappa shape index (κ2) is 5.88. The Labute approximate surface area is 141 Å². The first kappa shape index (κ1) is 17.0. The van der Waals surface area contributed by atoms with Crippen molar-refractivity contribution in [2.75, 3.05) is 13.1 Å². The van der Waals surface area contributed by atoms with Gasteiger partial charge in [0.25, 0.3) is 0 Å². The molecular weight excluding hydrogens is 285 g/mol. The van der Waals surface area contributed by atoms with Crippen LogP contribution in [0.4, 0.5) is 4.39 Å². The van der Waals surface area contributed by atoms with Gasteiger partial charge in [0.2, 0.25) is 0 Å². The van der Waals surface area contributed by atoms with E-state index in [1.54, 1.807) is 0 Å². The molecule has 1 aromatic rings. The van der Waals surface area contributed by atoms with Gasteiger partial charge in [-0.2, -0.15) is 0 Å². The molecule has 0 atom stereocenters. The van der Waals surface area contributed by atoms with E-state index in [2.05, 4.69) is 51.7 Å². The molecule has 2 fully saturated rings. The zero-order valence-corrected chi connectivity index (χ0v) is 15.5. The van der Waals surface area contributed by atoms with Crippen LogP contribution in [0, 0.1) is 11.7 Å². The van der Waals surface area contributed by atoms with Gasteiger partial charge in [-0.3, -0.25) is 0 Å². The van der Waals surface area contributed by atoms with Gasteiger partial charge in [-0.25, -0.2) is 4.39 Å². The Morgan fingerprint density at radius 3 is 2.22 bits per heavy atom. The second-order valence-electron chi connectivity index (χ2n) is 8.98. The minimum absolute atomic E-state index is 0.0730. The molecule has 1 nitrogen and oxygen atoms in total. The third kappa shape index (κ3) is 3.07. The van der Waals surface area contributed by atoms with Gasteiger partial charge in [0, 0.05) is 11.5 Å². The molecule has 0 N–H and O–H groups in total. The molecule has 1 aromatic carbocycles. The highest BCUT2D eigenvalue weighted by Gasteiger charge is 2.52. The van der Waals surface area contributed by atoms with Crippen LogP contribution >= 0.6 is 0 Å². The van der Waals surface area contributed by atoms with E-state index in [9.17, 15) is 0 Å². The van der Waals surface area contributed by atoms with Crippen LogP contribution in [-0.2, 0) is 10.8 Å². The van der Waals surface area contributed by atoms with E-state index in [-0.39, 0.29) is 16.6 Å². The smallest absolute Gasteiger partial charge is 0.130 e. The van der Waals surface area contributed by atoms with Crippen LogP contribution in [0.15, 0.2) is 18.2 Å². The summed E-state index contributed by atoms with van der Waals surface area (Å²) in [4.78, 5) is 2.56. The third-order valence-corrected chi connectivity index (χ3v) is 6.17. The number of benzene rings is 1. The molecule has 128 valence electrons. The molecule has 0 unspecified atom stereocenters. The number of piperidine rings is 1. The first-order valence-corrected chi connectivity index (χ1v) is 9.29. The van der Waals surface area contributed by atoms with Gasteiger partial charge in [0.15, 0.2) is 0 Å². The number of hydrogen-bond acceptors (Lipinski definition) is 1. The molecule has 0 amide bonds. The molecule has 23 heavy (non-hydrogen) atoms. The number of rotatable bonds is 3. The maximum Gasteiger partial charge on any atom is 0.130 e. The van der Waals surface area contributed by atoms with E-state index < -0.39 is 0 Å². The van der Waals surface area contributed by atoms with Crippen LogP contribution in [0.3, 0.4) is 0 Å². The van der Waals surface area contributed by atoms with Crippen LogP contribution < -0.4 is 0 Å². The summed E-state index contributed by atoms with van der Waals surface area (Å²) >= 11 is 0. The van der Waals surface area contributed by atoms with Gasteiger partial charge in [0.05, 0.1) is 0 Å². The average molecular weight is 317 g/mol. The van der Waals surface area contributed by atoms with E-state index >= 15 is 4.39 Å². The lowest BCUT2D eigenvalue weighted by atomic mass is 9.75. The largest absolute Gasteiger partial charge is 0.301 e. The van der Waals surface area contributed by atoms with Gasteiger partial charge in [-0.15, -0.1) is 0 Å². The van der Waals surface area contributed by atoms with Crippen molar-refractivity contribution in [3.05, 3.63) is 35.1 Å². The lowest BCUT2D eigenvalue weighted by Crippen LogP contribution is -2.41. The van der Waals surface area contributed by atoms with Crippen molar-refractivity contribution in [2.45, 2.75) is 77.2 Å². The molecule has 2 heteroatoms. The van der Waals surface area contributed by atoms with Gasteiger partial charge < -0.3 is 4.90 Å². The summed E-state index contributed by atoms with van der Waals surface area (Å²) in [6, 6.07) is 6.73. The van der Waals surface area contributed by atoms with Crippen LogP contribution in [0.5, 0.6) is 0 Å². The first-order chi connectivity index (χ1) is 10.8. The van der Waals surface area contributed by atoms with Crippen LogP contribution in [-0.4, -0.2) is 24.0 Å². The van der Waals surface area contributed by atoms with Crippen molar-refractivity contribution in [2.24, 2.45) is 5.92 Å². The molecule has 0 spiro atoms. The average Bonchev–Trinajstić information content (AvgIpc) is 3.28. The van der Waals surface area contributed by atoms with Crippen molar-refractivity contribution < 1.29 is 4.39 Å².